The third-order valence-electron chi connectivity index (χ3n) is 3.76. The summed E-state index contributed by atoms with van der Waals surface area (Å²) in [6.45, 7) is 1.72. The molecule has 3 heterocycles. The second-order valence-corrected chi connectivity index (χ2v) is 6.03. The summed E-state index contributed by atoms with van der Waals surface area (Å²) in [5, 5.41) is 27.4. The Kier molecular flexibility index (Phi) is 5.36. The normalized spacial score (nSPS) is 13.9. The van der Waals surface area contributed by atoms with Crippen LogP contribution < -0.4 is 4.74 Å². The molecule has 1 aliphatic heterocycles. The molecule has 0 bridgehead atoms. The van der Waals surface area contributed by atoms with E-state index in [1.165, 1.54) is 6.07 Å². The van der Waals surface area contributed by atoms with Crippen molar-refractivity contribution in [2.45, 2.75) is 6.42 Å². The van der Waals surface area contributed by atoms with E-state index in [4.69, 9.17) is 21.4 Å². The van der Waals surface area contributed by atoms with Crippen LogP contribution in [-0.4, -0.2) is 56.5 Å². The van der Waals surface area contributed by atoms with Crippen molar-refractivity contribution in [1.29, 1.82) is 5.26 Å². The maximum absolute atomic E-state index is 11.1. The summed E-state index contributed by atoms with van der Waals surface area (Å²) in [6.07, 6.45) is 2.84. The van der Waals surface area contributed by atoms with Crippen molar-refractivity contribution in [3.8, 4) is 29.7 Å². The Morgan fingerprint density at radius 2 is 2.30 bits per heavy atom. The predicted molar refractivity (Wildman–Crippen MR) is 94.5 cm³/mol. The molecule has 1 aliphatic rings. The molecule has 136 valence electrons. The number of nitriles is 1. The highest BCUT2D eigenvalue weighted by molar-refractivity contribution is 6.30. The minimum Gasteiger partial charge on any atom is -0.476 e. The fraction of sp³-hybridized carbons (Fsp3) is 0.235. The number of H-pyrrole nitrogens is 1. The summed E-state index contributed by atoms with van der Waals surface area (Å²) in [6, 6.07) is 3.38. The number of carboxylic acid groups (broad SMARTS) is 1. The zero-order valence-corrected chi connectivity index (χ0v) is 14.9. The van der Waals surface area contributed by atoms with E-state index in [0.717, 1.165) is 25.1 Å². The average Bonchev–Trinajstić information content (AvgIpc) is 3.09. The Bertz CT molecular complexity index is 1030. The summed E-state index contributed by atoms with van der Waals surface area (Å²) in [7, 11) is 2.02. The summed E-state index contributed by atoms with van der Waals surface area (Å²) in [4.78, 5) is 17.2. The standard InChI is InChI=1S/C17H13ClN6O3/c1-24-6-4-10(5-7-24)2-3-11-8-13(20-15(18)12(11)9-19)27-16-14(17(25)26)21-23-22-16/h4,8H,5-7H2,1H3,(H,25,26)(H,21,22,23). The van der Waals surface area contributed by atoms with E-state index in [1.807, 2.05) is 19.2 Å². The van der Waals surface area contributed by atoms with Crippen LogP contribution >= 0.6 is 11.6 Å². The SMILES string of the molecule is CN1CC=C(C#Cc2cc(Oc3[nH]nnc3C(=O)O)nc(Cl)c2C#N)CC1. The van der Waals surface area contributed by atoms with Gasteiger partial charge in [-0.3, -0.25) is 0 Å². The van der Waals surface area contributed by atoms with Gasteiger partial charge in [0.1, 0.15) is 11.6 Å². The first-order chi connectivity index (χ1) is 13.0. The van der Waals surface area contributed by atoms with Gasteiger partial charge >= 0.3 is 5.97 Å². The molecule has 0 aliphatic carbocycles. The lowest BCUT2D eigenvalue weighted by atomic mass is 10.1. The third kappa shape index (κ3) is 4.23. The summed E-state index contributed by atoms with van der Waals surface area (Å²) >= 11 is 6.06. The number of halogens is 1. The van der Waals surface area contributed by atoms with Gasteiger partial charge in [0.15, 0.2) is 5.15 Å². The smallest absolute Gasteiger partial charge is 0.362 e. The molecule has 0 unspecified atom stereocenters. The molecule has 0 aromatic carbocycles. The molecular formula is C17H13ClN6O3. The van der Waals surface area contributed by atoms with Crippen molar-refractivity contribution in [3.63, 3.8) is 0 Å². The van der Waals surface area contributed by atoms with Gasteiger partial charge in [0.25, 0.3) is 5.88 Å². The van der Waals surface area contributed by atoms with Crippen LogP contribution in [0.2, 0.25) is 5.15 Å². The van der Waals surface area contributed by atoms with Crippen molar-refractivity contribution in [3.05, 3.63) is 39.7 Å². The molecule has 0 saturated heterocycles. The quantitative estimate of drug-likeness (QED) is 0.605. The van der Waals surface area contributed by atoms with Gasteiger partial charge in [0.05, 0.1) is 5.56 Å². The van der Waals surface area contributed by atoms with Crippen LogP contribution in [0.3, 0.4) is 0 Å². The Hall–Kier alpha value is -3.40. The third-order valence-corrected chi connectivity index (χ3v) is 4.03. The highest BCUT2D eigenvalue weighted by Gasteiger charge is 2.19. The van der Waals surface area contributed by atoms with Crippen LogP contribution in [0.15, 0.2) is 17.7 Å². The van der Waals surface area contributed by atoms with Crippen molar-refractivity contribution >= 4 is 17.6 Å². The number of likely N-dealkylation sites (N-methyl/N-ethyl adjacent to an activating group) is 1. The monoisotopic (exact) mass is 384 g/mol. The maximum atomic E-state index is 11.1. The summed E-state index contributed by atoms with van der Waals surface area (Å²) in [5.74, 6) is 4.42. The predicted octanol–water partition coefficient (Wildman–Crippen LogP) is 1.83. The number of nitrogens with zero attached hydrogens (tertiary/aromatic N) is 5. The molecule has 3 rings (SSSR count). The van der Waals surface area contributed by atoms with E-state index < -0.39 is 11.7 Å². The number of nitrogens with one attached hydrogen (secondary N) is 1. The topological polar surface area (TPSA) is 128 Å². The highest BCUT2D eigenvalue weighted by atomic mass is 35.5. The number of aromatic amines is 1. The zero-order chi connectivity index (χ0) is 19.4. The Balaban J connectivity index is 1.94. The average molecular weight is 385 g/mol. The van der Waals surface area contributed by atoms with Gasteiger partial charge in [-0.25, -0.2) is 9.89 Å². The first kappa shape index (κ1) is 18.4. The van der Waals surface area contributed by atoms with Crippen molar-refractivity contribution in [1.82, 2.24) is 25.3 Å². The van der Waals surface area contributed by atoms with Gasteiger partial charge < -0.3 is 14.7 Å². The highest BCUT2D eigenvalue weighted by Crippen LogP contribution is 2.26. The lowest BCUT2D eigenvalue weighted by Crippen LogP contribution is -2.23. The lowest BCUT2D eigenvalue weighted by Gasteiger charge is -2.19. The summed E-state index contributed by atoms with van der Waals surface area (Å²) in [5.41, 5.74) is 1.02. The van der Waals surface area contributed by atoms with Crippen LogP contribution in [0.25, 0.3) is 0 Å². The fourth-order valence-corrected chi connectivity index (χ4v) is 2.54. The molecule has 0 radical (unpaired) electrons. The molecule has 2 N–H and O–H groups in total. The second-order valence-electron chi connectivity index (χ2n) is 5.67. The fourth-order valence-electron chi connectivity index (χ4n) is 2.32. The van der Waals surface area contributed by atoms with Gasteiger partial charge in [0.2, 0.25) is 11.6 Å². The van der Waals surface area contributed by atoms with Crippen LogP contribution in [0.4, 0.5) is 0 Å². The molecule has 9 nitrogen and oxygen atoms in total. The molecule has 10 heteroatoms. The number of aromatic carboxylic acids is 1. The number of rotatable bonds is 3. The number of hydrogen-bond acceptors (Lipinski definition) is 7. The number of ether oxygens (including phenoxy) is 1. The molecule has 0 amide bonds. The van der Waals surface area contributed by atoms with Gasteiger partial charge in [-0.1, -0.05) is 34.7 Å². The molecule has 0 atom stereocenters. The molecule has 2 aromatic heterocycles. The van der Waals surface area contributed by atoms with Crippen LogP contribution in [-0.2, 0) is 0 Å². The van der Waals surface area contributed by atoms with E-state index in [2.05, 4.69) is 37.1 Å². The van der Waals surface area contributed by atoms with Crippen molar-refractivity contribution in [2.75, 3.05) is 20.1 Å². The van der Waals surface area contributed by atoms with E-state index in [1.54, 1.807) is 0 Å². The number of aromatic nitrogens is 4. The van der Waals surface area contributed by atoms with E-state index in [0.29, 0.717) is 5.56 Å². The van der Waals surface area contributed by atoms with Gasteiger partial charge in [-0.05, 0) is 13.5 Å². The minimum atomic E-state index is -1.31. The van der Waals surface area contributed by atoms with E-state index >= 15 is 0 Å². The Morgan fingerprint density at radius 3 is 2.96 bits per heavy atom. The van der Waals surface area contributed by atoms with Gasteiger partial charge in [-0.2, -0.15) is 10.2 Å². The molecule has 0 fully saturated rings. The number of carboxylic acids is 1. The minimum absolute atomic E-state index is 0.0331. The first-order valence-electron chi connectivity index (χ1n) is 7.80. The number of carbonyl (C=O) groups is 1. The molecule has 27 heavy (non-hydrogen) atoms. The number of hydrogen-bond donors (Lipinski definition) is 2. The lowest BCUT2D eigenvalue weighted by molar-refractivity contribution is 0.0687. The van der Waals surface area contributed by atoms with Gasteiger partial charge in [0, 0.05) is 24.7 Å². The molecule has 2 aromatic rings. The largest absolute Gasteiger partial charge is 0.476 e. The van der Waals surface area contributed by atoms with Crippen LogP contribution in [0.5, 0.6) is 11.8 Å². The number of pyridine rings is 1. The molecule has 0 spiro atoms. The zero-order valence-electron chi connectivity index (χ0n) is 14.2. The van der Waals surface area contributed by atoms with Crippen LogP contribution in [0, 0.1) is 23.2 Å². The first-order valence-corrected chi connectivity index (χ1v) is 8.18. The van der Waals surface area contributed by atoms with Crippen molar-refractivity contribution in [2.24, 2.45) is 0 Å². The van der Waals surface area contributed by atoms with Crippen molar-refractivity contribution < 1.29 is 14.6 Å². The molecular weight excluding hydrogens is 372 g/mol. The Labute approximate surface area is 159 Å². The Morgan fingerprint density at radius 1 is 1.48 bits per heavy atom. The van der Waals surface area contributed by atoms with E-state index in [-0.39, 0.29) is 22.5 Å². The van der Waals surface area contributed by atoms with Gasteiger partial charge in [-0.15, -0.1) is 5.10 Å². The van der Waals surface area contributed by atoms with Crippen LogP contribution in [0.1, 0.15) is 28.0 Å². The second kappa shape index (κ2) is 7.87. The summed E-state index contributed by atoms with van der Waals surface area (Å²) < 4.78 is 5.38. The van der Waals surface area contributed by atoms with E-state index in [9.17, 15) is 10.1 Å². The maximum Gasteiger partial charge on any atom is 0.362 e. The molecule has 0 saturated carbocycles.